The van der Waals surface area contributed by atoms with Crippen molar-refractivity contribution in [2.24, 2.45) is 0 Å². The van der Waals surface area contributed by atoms with Gasteiger partial charge in [0.25, 0.3) is 5.91 Å². The highest BCUT2D eigenvalue weighted by Crippen LogP contribution is 2.20. The Balaban J connectivity index is 1.95. The van der Waals surface area contributed by atoms with Crippen LogP contribution in [-0.2, 0) is 6.42 Å². The standard InChI is InChI=1S/C17H16N2OS/c1-12-15(11-14-7-4-3-5-8-14)13(2)19(18-12)17(20)16-9-6-10-21-16/h3-10H,11H2,1-2H3. The van der Waals surface area contributed by atoms with Gasteiger partial charge in [0.2, 0.25) is 0 Å². The van der Waals surface area contributed by atoms with E-state index in [0.717, 1.165) is 23.4 Å². The normalized spacial score (nSPS) is 10.8. The van der Waals surface area contributed by atoms with Crippen molar-refractivity contribution in [2.75, 3.05) is 0 Å². The Bertz CT molecular complexity index is 758. The van der Waals surface area contributed by atoms with Crippen LogP contribution in [0.2, 0.25) is 0 Å². The van der Waals surface area contributed by atoms with Crippen molar-refractivity contribution in [1.29, 1.82) is 0 Å². The lowest BCUT2D eigenvalue weighted by atomic mass is 10.0. The summed E-state index contributed by atoms with van der Waals surface area (Å²) < 4.78 is 1.53. The molecule has 21 heavy (non-hydrogen) atoms. The summed E-state index contributed by atoms with van der Waals surface area (Å²) in [4.78, 5) is 13.2. The Morgan fingerprint density at radius 3 is 2.57 bits per heavy atom. The number of nitrogens with zero attached hydrogens (tertiary/aromatic N) is 2. The molecule has 0 saturated carbocycles. The highest BCUT2D eigenvalue weighted by molar-refractivity contribution is 7.12. The third kappa shape index (κ3) is 2.67. The van der Waals surface area contributed by atoms with E-state index in [0.29, 0.717) is 4.88 Å². The predicted octanol–water partition coefficient (Wildman–Crippen LogP) is 3.84. The van der Waals surface area contributed by atoms with Gasteiger partial charge in [0.1, 0.15) is 0 Å². The molecule has 1 aromatic carbocycles. The fraction of sp³-hybridized carbons (Fsp3) is 0.176. The average Bonchev–Trinajstić information content (AvgIpc) is 3.12. The van der Waals surface area contributed by atoms with E-state index in [1.54, 1.807) is 0 Å². The first-order chi connectivity index (χ1) is 10.2. The second kappa shape index (κ2) is 5.66. The van der Waals surface area contributed by atoms with Crippen LogP contribution >= 0.6 is 11.3 Å². The largest absolute Gasteiger partial charge is 0.288 e. The molecule has 2 heterocycles. The topological polar surface area (TPSA) is 34.9 Å². The van der Waals surface area contributed by atoms with Crippen LogP contribution in [0.1, 0.15) is 32.2 Å². The van der Waals surface area contributed by atoms with Crippen molar-refractivity contribution < 1.29 is 4.79 Å². The predicted molar refractivity (Wildman–Crippen MR) is 85.0 cm³/mol. The van der Waals surface area contributed by atoms with Crippen LogP contribution < -0.4 is 0 Å². The van der Waals surface area contributed by atoms with Crippen molar-refractivity contribution in [2.45, 2.75) is 20.3 Å². The number of carbonyl (C=O) groups excluding carboxylic acids is 1. The van der Waals surface area contributed by atoms with E-state index in [1.807, 2.05) is 49.6 Å². The summed E-state index contributed by atoms with van der Waals surface area (Å²) in [6, 6.07) is 14.0. The average molecular weight is 296 g/mol. The monoisotopic (exact) mass is 296 g/mol. The van der Waals surface area contributed by atoms with E-state index in [1.165, 1.54) is 21.6 Å². The van der Waals surface area contributed by atoms with Gasteiger partial charge in [0.15, 0.2) is 0 Å². The zero-order valence-electron chi connectivity index (χ0n) is 12.0. The third-order valence-electron chi connectivity index (χ3n) is 3.59. The van der Waals surface area contributed by atoms with Crippen LogP contribution in [0.5, 0.6) is 0 Å². The van der Waals surface area contributed by atoms with E-state index < -0.39 is 0 Å². The van der Waals surface area contributed by atoms with E-state index in [9.17, 15) is 4.79 Å². The molecule has 0 radical (unpaired) electrons. The Labute approximate surface area is 127 Å². The summed E-state index contributed by atoms with van der Waals surface area (Å²) >= 11 is 1.44. The molecule has 0 amide bonds. The van der Waals surface area contributed by atoms with Crippen molar-refractivity contribution in [3.63, 3.8) is 0 Å². The van der Waals surface area contributed by atoms with Gasteiger partial charge in [0.05, 0.1) is 10.6 Å². The molecule has 0 aliphatic rings. The Morgan fingerprint density at radius 1 is 1.14 bits per heavy atom. The molecule has 0 spiro atoms. The van der Waals surface area contributed by atoms with Crippen molar-refractivity contribution in [3.05, 3.63) is 75.2 Å². The number of hydrogen-bond acceptors (Lipinski definition) is 3. The van der Waals surface area contributed by atoms with Gasteiger partial charge < -0.3 is 0 Å². The van der Waals surface area contributed by atoms with Gasteiger partial charge in [-0.15, -0.1) is 11.3 Å². The van der Waals surface area contributed by atoms with E-state index >= 15 is 0 Å². The maximum atomic E-state index is 12.5. The fourth-order valence-corrected chi connectivity index (χ4v) is 3.08. The number of thiophene rings is 1. The highest BCUT2D eigenvalue weighted by Gasteiger charge is 2.18. The molecule has 2 aromatic heterocycles. The molecular formula is C17H16N2OS. The number of rotatable bonds is 3. The fourth-order valence-electron chi connectivity index (χ4n) is 2.43. The number of hydrogen-bond donors (Lipinski definition) is 0. The lowest BCUT2D eigenvalue weighted by Crippen LogP contribution is -2.14. The molecule has 0 atom stereocenters. The molecule has 3 nitrogen and oxygen atoms in total. The molecule has 0 bridgehead atoms. The van der Waals surface area contributed by atoms with Gasteiger partial charge in [-0.05, 0) is 30.9 Å². The summed E-state index contributed by atoms with van der Waals surface area (Å²) in [6.07, 6.45) is 0.802. The Morgan fingerprint density at radius 2 is 1.90 bits per heavy atom. The van der Waals surface area contributed by atoms with Crippen LogP contribution in [0.3, 0.4) is 0 Å². The first-order valence-corrected chi connectivity index (χ1v) is 7.72. The molecule has 3 rings (SSSR count). The van der Waals surface area contributed by atoms with Gasteiger partial charge in [-0.25, -0.2) is 0 Å². The van der Waals surface area contributed by atoms with Gasteiger partial charge in [0, 0.05) is 17.7 Å². The highest BCUT2D eigenvalue weighted by atomic mass is 32.1. The second-order valence-corrected chi connectivity index (χ2v) is 5.95. The lowest BCUT2D eigenvalue weighted by Gasteiger charge is -2.03. The zero-order valence-corrected chi connectivity index (χ0v) is 12.9. The SMILES string of the molecule is Cc1nn(C(=O)c2cccs2)c(C)c1Cc1ccccc1. The van der Waals surface area contributed by atoms with E-state index in [2.05, 4.69) is 17.2 Å². The lowest BCUT2D eigenvalue weighted by molar-refractivity contribution is 0.0946. The second-order valence-electron chi connectivity index (χ2n) is 5.01. The summed E-state index contributed by atoms with van der Waals surface area (Å²) in [5.74, 6) is -0.0510. The van der Waals surface area contributed by atoms with Gasteiger partial charge >= 0.3 is 0 Å². The molecule has 0 fully saturated rings. The molecule has 0 N–H and O–H groups in total. The summed E-state index contributed by atoms with van der Waals surface area (Å²) in [5.41, 5.74) is 4.20. The molecule has 4 heteroatoms. The summed E-state index contributed by atoms with van der Waals surface area (Å²) in [7, 11) is 0. The molecule has 106 valence electrons. The Hall–Kier alpha value is -2.20. The Kier molecular flexibility index (Phi) is 3.71. The first kappa shape index (κ1) is 13.8. The van der Waals surface area contributed by atoms with Crippen molar-refractivity contribution >= 4 is 17.2 Å². The van der Waals surface area contributed by atoms with Crippen molar-refractivity contribution in [1.82, 2.24) is 9.78 Å². The molecule has 0 unspecified atom stereocenters. The summed E-state index contributed by atoms with van der Waals surface area (Å²) in [6.45, 7) is 3.92. The maximum absolute atomic E-state index is 12.5. The minimum atomic E-state index is -0.0510. The molecule has 3 aromatic rings. The van der Waals surface area contributed by atoms with Crippen LogP contribution in [0.25, 0.3) is 0 Å². The number of aryl methyl sites for hydroxylation is 1. The van der Waals surface area contributed by atoms with Gasteiger partial charge in [-0.2, -0.15) is 9.78 Å². The minimum Gasteiger partial charge on any atom is -0.266 e. The maximum Gasteiger partial charge on any atom is 0.288 e. The van der Waals surface area contributed by atoms with Gasteiger partial charge in [-0.3, -0.25) is 4.79 Å². The third-order valence-corrected chi connectivity index (χ3v) is 4.45. The molecule has 0 aliphatic heterocycles. The van der Waals surface area contributed by atoms with Crippen LogP contribution in [0.15, 0.2) is 47.8 Å². The number of aromatic nitrogens is 2. The quantitative estimate of drug-likeness (QED) is 0.736. The zero-order chi connectivity index (χ0) is 14.8. The van der Waals surface area contributed by atoms with Crippen LogP contribution in [0, 0.1) is 13.8 Å². The van der Waals surface area contributed by atoms with E-state index in [-0.39, 0.29) is 5.91 Å². The van der Waals surface area contributed by atoms with Crippen LogP contribution in [-0.4, -0.2) is 15.7 Å². The molecular weight excluding hydrogens is 280 g/mol. The number of benzene rings is 1. The van der Waals surface area contributed by atoms with E-state index in [4.69, 9.17) is 0 Å². The van der Waals surface area contributed by atoms with Crippen LogP contribution in [0.4, 0.5) is 0 Å². The van der Waals surface area contributed by atoms with Gasteiger partial charge in [-0.1, -0.05) is 36.4 Å². The minimum absolute atomic E-state index is 0.0510. The smallest absolute Gasteiger partial charge is 0.266 e. The number of carbonyl (C=O) groups is 1. The summed E-state index contributed by atoms with van der Waals surface area (Å²) in [5, 5.41) is 6.34. The molecule has 0 aliphatic carbocycles. The molecule has 0 saturated heterocycles. The first-order valence-electron chi connectivity index (χ1n) is 6.84. The van der Waals surface area contributed by atoms with Crippen molar-refractivity contribution in [3.8, 4) is 0 Å².